The highest BCUT2D eigenvalue weighted by Gasteiger charge is 2.69. The van der Waals surface area contributed by atoms with Gasteiger partial charge < -0.3 is 14.6 Å². The monoisotopic (exact) mass is 286 g/mol. The number of aliphatic hydroxyl groups is 1. The molecule has 2 aliphatic heterocycles. The Morgan fingerprint density at radius 2 is 2.26 bits per heavy atom. The first-order valence-corrected chi connectivity index (χ1v) is 8.16. The Labute approximate surface area is 118 Å². The van der Waals surface area contributed by atoms with Crippen molar-refractivity contribution < 1.29 is 19.4 Å². The van der Waals surface area contributed by atoms with Crippen molar-refractivity contribution in [3.63, 3.8) is 0 Å². The lowest BCUT2D eigenvalue weighted by Crippen LogP contribution is -2.59. The van der Waals surface area contributed by atoms with Gasteiger partial charge in [-0.1, -0.05) is 13.8 Å². The summed E-state index contributed by atoms with van der Waals surface area (Å²) in [6.07, 6.45) is 1.36. The van der Waals surface area contributed by atoms with Crippen molar-refractivity contribution in [3.05, 3.63) is 0 Å². The Bertz CT molecular complexity index is 401. The molecule has 108 valence electrons. The first-order valence-electron chi connectivity index (χ1n) is 7.11. The van der Waals surface area contributed by atoms with Crippen LogP contribution in [0.4, 0.5) is 0 Å². The summed E-state index contributed by atoms with van der Waals surface area (Å²) < 4.78 is 11.6. The van der Waals surface area contributed by atoms with Crippen LogP contribution >= 0.6 is 11.8 Å². The average molecular weight is 286 g/mol. The molecule has 0 aromatic carbocycles. The number of hydrogen-bond acceptors (Lipinski definition) is 5. The summed E-state index contributed by atoms with van der Waals surface area (Å²) in [5.41, 5.74) is -0.846. The van der Waals surface area contributed by atoms with E-state index < -0.39 is 17.7 Å². The van der Waals surface area contributed by atoms with E-state index in [0.29, 0.717) is 11.7 Å². The van der Waals surface area contributed by atoms with Crippen molar-refractivity contribution in [2.24, 2.45) is 11.8 Å². The Kier molecular flexibility index (Phi) is 3.25. The molecule has 1 saturated carbocycles. The summed E-state index contributed by atoms with van der Waals surface area (Å²) in [5.74, 6) is -0.185. The van der Waals surface area contributed by atoms with Crippen LogP contribution in [0.3, 0.4) is 0 Å². The predicted molar refractivity (Wildman–Crippen MR) is 72.7 cm³/mol. The van der Waals surface area contributed by atoms with Gasteiger partial charge in [0.05, 0.1) is 0 Å². The van der Waals surface area contributed by atoms with Crippen LogP contribution in [0.1, 0.15) is 40.0 Å². The van der Waals surface area contributed by atoms with Gasteiger partial charge in [-0.25, -0.2) is 0 Å². The topological polar surface area (TPSA) is 55.8 Å². The van der Waals surface area contributed by atoms with Crippen LogP contribution in [0, 0.1) is 11.8 Å². The van der Waals surface area contributed by atoms with Gasteiger partial charge >= 0.3 is 0 Å². The number of ketones is 1. The van der Waals surface area contributed by atoms with Gasteiger partial charge in [-0.2, -0.15) is 11.8 Å². The molecule has 6 atom stereocenters. The molecule has 2 heterocycles. The fourth-order valence-corrected chi connectivity index (χ4v) is 4.53. The van der Waals surface area contributed by atoms with Gasteiger partial charge in [-0.15, -0.1) is 0 Å². The molecule has 0 aromatic rings. The Balaban J connectivity index is 1.79. The fourth-order valence-electron chi connectivity index (χ4n) is 3.35. The van der Waals surface area contributed by atoms with Crippen LogP contribution in [-0.4, -0.2) is 39.6 Å². The van der Waals surface area contributed by atoms with E-state index in [-0.39, 0.29) is 24.0 Å². The summed E-state index contributed by atoms with van der Waals surface area (Å²) in [4.78, 5) is 12.3. The zero-order chi connectivity index (χ0) is 13.8. The zero-order valence-corrected chi connectivity index (χ0v) is 12.5. The molecule has 3 rings (SSSR count). The first kappa shape index (κ1) is 13.9. The molecule has 3 aliphatic rings. The molecule has 0 aromatic heterocycles. The number of thioether (sulfide) groups is 1. The third kappa shape index (κ3) is 1.97. The minimum atomic E-state index is -1.26. The summed E-state index contributed by atoms with van der Waals surface area (Å²) in [6.45, 7) is 6.16. The third-order valence-electron chi connectivity index (χ3n) is 4.95. The van der Waals surface area contributed by atoms with E-state index >= 15 is 0 Å². The van der Waals surface area contributed by atoms with Gasteiger partial charge in [0.2, 0.25) is 0 Å². The predicted octanol–water partition coefficient (Wildman–Crippen LogP) is 1.95. The van der Waals surface area contributed by atoms with Crippen LogP contribution in [0.25, 0.3) is 0 Å². The molecule has 5 heteroatoms. The maximum Gasteiger partial charge on any atom is 0.198 e. The van der Waals surface area contributed by atoms with Gasteiger partial charge in [0.1, 0.15) is 11.4 Å². The highest BCUT2D eigenvalue weighted by atomic mass is 32.2. The average Bonchev–Trinajstić information content (AvgIpc) is 2.51. The summed E-state index contributed by atoms with van der Waals surface area (Å²) in [6, 6.07) is 0. The third-order valence-corrected chi connectivity index (χ3v) is 6.43. The van der Waals surface area contributed by atoms with E-state index in [0.717, 1.165) is 12.2 Å². The van der Waals surface area contributed by atoms with Gasteiger partial charge in [0.15, 0.2) is 12.1 Å². The molecule has 0 amide bonds. The van der Waals surface area contributed by atoms with Crippen molar-refractivity contribution >= 4 is 17.5 Å². The number of carbonyl (C=O) groups is 1. The SMILES string of the molecule is CCC(C)SC[C@@H]1[C@H]2O[C@@]3(C)CC(=O)[C@@H]1C[C@]3(O)O2. The molecule has 0 spiro atoms. The first-order chi connectivity index (χ1) is 8.88. The Morgan fingerprint density at radius 1 is 1.53 bits per heavy atom. The Morgan fingerprint density at radius 3 is 2.95 bits per heavy atom. The smallest absolute Gasteiger partial charge is 0.198 e. The number of ether oxygens (including phenoxy) is 2. The second-order valence-corrected chi connectivity index (χ2v) is 7.76. The molecule has 3 bridgehead atoms. The van der Waals surface area contributed by atoms with Gasteiger partial charge in [-0.05, 0) is 13.3 Å². The van der Waals surface area contributed by atoms with E-state index in [4.69, 9.17) is 9.47 Å². The summed E-state index contributed by atoms with van der Waals surface area (Å²) in [5, 5.41) is 11.1. The molecule has 2 saturated heterocycles. The lowest BCUT2D eigenvalue weighted by Gasteiger charge is -2.45. The lowest BCUT2D eigenvalue weighted by atomic mass is 9.70. The number of hydrogen-bond donors (Lipinski definition) is 1. The maximum absolute atomic E-state index is 12.3. The van der Waals surface area contributed by atoms with E-state index in [1.165, 1.54) is 0 Å². The van der Waals surface area contributed by atoms with E-state index in [9.17, 15) is 9.90 Å². The molecule has 4 nitrogen and oxygen atoms in total. The number of carbonyl (C=O) groups excluding carboxylic acids is 1. The van der Waals surface area contributed by atoms with Crippen molar-refractivity contribution in [2.75, 3.05) is 5.75 Å². The molecule has 0 radical (unpaired) electrons. The van der Waals surface area contributed by atoms with Crippen molar-refractivity contribution in [3.8, 4) is 0 Å². The van der Waals surface area contributed by atoms with Crippen LogP contribution in [0.2, 0.25) is 0 Å². The number of fused-ring (bicyclic) bond motifs is 2. The largest absolute Gasteiger partial charge is 0.363 e. The summed E-state index contributed by atoms with van der Waals surface area (Å²) in [7, 11) is 0. The highest BCUT2D eigenvalue weighted by molar-refractivity contribution is 7.99. The van der Waals surface area contributed by atoms with Crippen molar-refractivity contribution in [2.45, 2.75) is 63.0 Å². The lowest BCUT2D eigenvalue weighted by molar-refractivity contribution is -0.266. The zero-order valence-electron chi connectivity index (χ0n) is 11.7. The van der Waals surface area contributed by atoms with E-state index in [1.807, 2.05) is 11.8 Å². The molecule has 3 fully saturated rings. The van der Waals surface area contributed by atoms with Gasteiger partial charge in [0, 0.05) is 35.7 Å². The van der Waals surface area contributed by atoms with E-state index in [1.54, 1.807) is 6.92 Å². The van der Waals surface area contributed by atoms with Crippen LogP contribution in [-0.2, 0) is 14.3 Å². The number of rotatable bonds is 4. The van der Waals surface area contributed by atoms with Gasteiger partial charge in [-0.3, -0.25) is 4.79 Å². The standard InChI is InChI=1S/C14H22O4S/c1-4-8(2)19-7-10-9-5-14(16)13(3,6-11(9)15)17-12(10)18-14/h8-10,12,16H,4-7H2,1-3H3/t8?,9-,10+,12+,13+,14+/m1/s1. The van der Waals surface area contributed by atoms with Gasteiger partial charge in [0.25, 0.3) is 0 Å². The second-order valence-electron chi connectivity index (χ2n) is 6.29. The molecular weight excluding hydrogens is 264 g/mol. The molecular formula is C14H22O4S. The van der Waals surface area contributed by atoms with Crippen LogP contribution < -0.4 is 0 Å². The van der Waals surface area contributed by atoms with E-state index in [2.05, 4.69) is 13.8 Å². The molecule has 1 unspecified atom stereocenters. The Hall–Kier alpha value is -0.100. The highest BCUT2D eigenvalue weighted by Crippen LogP contribution is 2.56. The molecule has 1 N–H and O–H groups in total. The minimum Gasteiger partial charge on any atom is -0.363 e. The normalized spacial score (nSPS) is 49.7. The molecule has 19 heavy (non-hydrogen) atoms. The van der Waals surface area contributed by atoms with Crippen molar-refractivity contribution in [1.29, 1.82) is 0 Å². The maximum atomic E-state index is 12.3. The van der Waals surface area contributed by atoms with Crippen molar-refractivity contribution in [1.82, 2.24) is 0 Å². The number of Topliss-reactive ketones (excluding diaryl/α,β-unsaturated/α-hetero) is 1. The van der Waals surface area contributed by atoms with Crippen LogP contribution in [0.15, 0.2) is 0 Å². The second kappa shape index (κ2) is 4.45. The fraction of sp³-hybridized carbons (Fsp3) is 0.929. The minimum absolute atomic E-state index is 0.0797. The summed E-state index contributed by atoms with van der Waals surface area (Å²) >= 11 is 1.86. The van der Waals surface area contributed by atoms with Crippen LogP contribution in [0.5, 0.6) is 0 Å². The molecule has 1 aliphatic carbocycles. The quantitative estimate of drug-likeness (QED) is 0.856.